The number of anilines is 1. The van der Waals surface area contributed by atoms with Gasteiger partial charge in [-0.1, -0.05) is 27.7 Å². The number of hydrogen-bond acceptors (Lipinski definition) is 6. The zero-order valence-electron chi connectivity index (χ0n) is 17.3. The van der Waals surface area contributed by atoms with Gasteiger partial charge in [-0.2, -0.15) is 0 Å². The van der Waals surface area contributed by atoms with Crippen LogP contribution in [0.5, 0.6) is 5.88 Å². The topological polar surface area (TPSA) is 106 Å². The van der Waals surface area contributed by atoms with E-state index in [-0.39, 0.29) is 27.7 Å². The molecule has 1 amide bonds. The van der Waals surface area contributed by atoms with Crippen molar-refractivity contribution in [2.75, 3.05) is 11.1 Å². The summed E-state index contributed by atoms with van der Waals surface area (Å²) in [4.78, 5) is 41.5. The van der Waals surface area contributed by atoms with Crippen molar-refractivity contribution in [1.82, 2.24) is 9.13 Å². The third kappa shape index (κ3) is 5.57. The van der Waals surface area contributed by atoms with Crippen LogP contribution in [0.3, 0.4) is 0 Å². The van der Waals surface area contributed by atoms with Crippen LogP contribution < -0.4 is 16.6 Å². The average Bonchev–Trinajstić information content (AvgIpc) is 2.78. The molecule has 1 heterocycles. The standard InChI is InChI=1S/C21H17BrF2N4O4S/c1-27-19(30)17(20(31)28(2)21(27)32)18(25-13-6-4-12(23)5-7-13)33-10-16(29)26-15-8-3-11(22)9-14(15)24/h3-9,30H,10H2,1-2H3,(H,26,29). The van der Waals surface area contributed by atoms with E-state index in [1.807, 2.05) is 0 Å². The molecule has 0 atom stereocenters. The summed E-state index contributed by atoms with van der Waals surface area (Å²) in [5.74, 6) is -2.70. The second kappa shape index (κ2) is 10.1. The number of carbonyl (C=O) groups is 1. The van der Waals surface area contributed by atoms with Gasteiger partial charge in [-0.25, -0.2) is 18.6 Å². The summed E-state index contributed by atoms with van der Waals surface area (Å²) in [7, 11) is 2.50. The Morgan fingerprint density at radius 3 is 2.42 bits per heavy atom. The molecule has 0 aliphatic rings. The lowest BCUT2D eigenvalue weighted by Crippen LogP contribution is -2.39. The first-order valence-corrected chi connectivity index (χ1v) is 11.1. The number of halogens is 3. The van der Waals surface area contributed by atoms with E-state index in [0.29, 0.717) is 4.47 Å². The lowest BCUT2D eigenvalue weighted by atomic mass is 10.3. The Hall–Kier alpha value is -3.25. The second-order valence-corrected chi connectivity index (χ2v) is 8.64. The number of aliphatic imine (C=N–C) groups is 1. The molecule has 172 valence electrons. The molecule has 3 aromatic rings. The molecular weight excluding hydrogens is 522 g/mol. The molecule has 8 nitrogen and oxygen atoms in total. The van der Waals surface area contributed by atoms with E-state index in [1.54, 1.807) is 6.07 Å². The Bertz CT molecular complexity index is 1370. The van der Waals surface area contributed by atoms with Crippen molar-refractivity contribution in [3.05, 3.63) is 85.0 Å². The lowest BCUT2D eigenvalue weighted by Gasteiger charge is -2.13. The van der Waals surface area contributed by atoms with E-state index in [2.05, 4.69) is 26.2 Å². The highest BCUT2D eigenvalue weighted by atomic mass is 79.9. The van der Waals surface area contributed by atoms with Gasteiger partial charge in [-0.05, 0) is 42.5 Å². The molecule has 0 aliphatic heterocycles. The summed E-state index contributed by atoms with van der Waals surface area (Å²) in [5.41, 5.74) is -1.69. The van der Waals surface area contributed by atoms with Crippen LogP contribution in [0.25, 0.3) is 0 Å². The van der Waals surface area contributed by atoms with Gasteiger partial charge < -0.3 is 10.4 Å². The number of nitrogens with one attached hydrogen (secondary N) is 1. The van der Waals surface area contributed by atoms with E-state index >= 15 is 0 Å². The van der Waals surface area contributed by atoms with E-state index in [9.17, 15) is 28.3 Å². The Balaban J connectivity index is 1.97. The van der Waals surface area contributed by atoms with Crippen LogP contribution in [-0.2, 0) is 18.9 Å². The molecule has 0 aliphatic carbocycles. The largest absolute Gasteiger partial charge is 0.494 e. The van der Waals surface area contributed by atoms with Gasteiger partial charge in [-0.15, -0.1) is 0 Å². The summed E-state index contributed by atoms with van der Waals surface area (Å²) in [6, 6.07) is 9.12. The van der Waals surface area contributed by atoms with Gasteiger partial charge in [0.2, 0.25) is 11.8 Å². The van der Waals surface area contributed by atoms with Crippen molar-refractivity contribution >= 4 is 50.0 Å². The van der Waals surface area contributed by atoms with E-state index < -0.39 is 34.7 Å². The Morgan fingerprint density at radius 2 is 1.79 bits per heavy atom. The number of thioether (sulfide) groups is 1. The SMILES string of the molecule is Cn1c(O)c(C(=Nc2ccc(F)cc2)SCC(=O)Nc2ccc(Br)cc2F)c(=O)n(C)c1=O. The van der Waals surface area contributed by atoms with Crippen molar-refractivity contribution in [2.45, 2.75) is 0 Å². The van der Waals surface area contributed by atoms with Crippen LogP contribution >= 0.6 is 27.7 Å². The number of carbonyl (C=O) groups excluding carboxylic acids is 1. The van der Waals surface area contributed by atoms with Crippen molar-refractivity contribution in [3.63, 3.8) is 0 Å². The van der Waals surface area contributed by atoms with Crippen LogP contribution in [0.4, 0.5) is 20.2 Å². The molecule has 0 radical (unpaired) electrons. The Labute approximate surface area is 198 Å². The highest BCUT2D eigenvalue weighted by Gasteiger charge is 2.22. The molecule has 12 heteroatoms. The van der Waals surface area contributed by atoms with Crippen LogP contribution in [0.1, 0.15) is 5.56 Å². The Kier molecular flexibility index (Phi) is 7.49. The predicted octanol–water partition coefficient (Wildman–Crippen LogP) is 3.28. The summed E-state index contributed by atoms with van der Waals surface area (Å²) in [5, 5.41) is 12.8. The molecule has 2 N–H and O–H groups in total. The molecule has 1 aromatic heterocycles. The number of aromatic nitrogens is 2. The van der Waals surface area contributed by atoms with Crippen molar-refractivity contribution in [1.29, 1.82) is 0 Å². The van der Waals surface area contributed by atoms with Gasteiger partial charge in [-0.3, -0.25) is 18.7 Å². The normalized spacial score (nSPS) is 11.5. The second-order valence-electron chi connectivity index (χ2n) is 6.76. The fourth-order valence-corrected chi connectivity index (χ4v) is 3.89. The highest BCUT2D eigenvalue weighted by Crippen LogP contribution is 2.24. The van der Waals surface area contributed by atoms with Crippen molar-refractivity contribution in [2.24, 2.45) is 19.1 Å². The molecule has 0 spiro atoms. The van der Waals surface area contributed by atoms with Crippen molar-refractivity contribution < 1.29 is 18.7 Å². The molecule has 3 rings (SSSR count). The maximum Gasteiger partial charge on any atom is 0.333 e. The van der Waals surface area contributed by atoms with Gasteiger partial charge in [0.05, 0.1) is 17.1 Å². The number of benzene rings is 2. The minimum absolute atomic E-state index is 0.0401. The van der Waals surface area contributed by atoms with E-state index in [1.165, 1.54) is 38.4 Å². The zero-order valence-corrected chi connectivity index (χ0v) is 19.7. The first-order valence-electron chi connectivity index (χ1n) is 9.29. The van der Waals surface area contributed by atoms with Gasteiger partial charge in [0.25, 0.3) is 5.56 Å². The summed E-state index contributed by atoms with van der Waals surface area (Å²) in [6.07, 6.45) is 0. The van der Waals surface area contributed by atoms with Gasteiger partial charge in [0.1, 0.15) is 22.2 Å². The highest BCUT2D eigenvalue weighted by molar-refractivity contribution is 9.10. The molecule has 33 heavy (non-hydrogen) atoms. The number of nitrogens with zero attached hydrogens (tertiary/aromatic N) is 3. The molecule has 0 bridgehead atoms. The predicted molar refractivity (Wildman–Crippen MR) is 126 cm³/mol. The zero-order chi connectivity index (χ0) is 24.3. The van der Waals surface area contributed by atoms with Crippen LogP contribution in [0, 0.1) is 11.6 Å². The number of rotatable bonds is 5. The maximum atomic E-state index is 14.0. The third-order valence-corrected chi connectivity index (χ3v) is 5.92. The van der Waals surface area contributed by atoms with Crippen LogP contribution in [0.2, 0.25) is 0 Å². The molecular formula is C21H17BrF2N4O4S. The van der Waals surface area contributed by atoms with E-state index in [4.69, 9.17) is 0 Å². The van der Waals surface area contributed by atoms with E-state index in [0.717, 1.165) is 33.0 Å². The number of aromatic hydroxyl groups is 1. The quantitative estimate of drug-likeness (QED) is 0.383. The van der Waals surface area contributed by atoms with Crippen molar-refractivity contribution in [3.8, 4) is 5.88 Å². The molecule has 0 fully saturated rings. The van der Waals surface area contributed by atoms with Crippen LogP contribution in [-0.4, -0.2) is 30.9 Å². The summed E-state index contributed by atoms with van der Waals surface area (Å²) >= 11 is 3.91. The lowest BCUT2D eigenvalue weighted by molar-refractivity contribution is -0.113. The first kappa shape index (κ1) is 24.4. The molecule has 2 aromatic carbocycles. The minimum atomic E-state index is -0.830. The molecule has 0 unspecified atom stereocenters. The first-order chi connectivity index (χ1) is 15.6. The summed E-state index contributed by atoms with van der Waals surface area (Å²) in [6.45, 7) is 0. The third-order valence-electron chi connectivity index (χ3n) is 4.45. The minimum Gasteiger partial charge on any atom is -0.494 e. The summed E-state index contributed by atoms with van der Waals surface area (Å²) < 4.78 is 29.4. The maximum absolute atomic E-state index is 14.0. The van der Waals surface area contributed by atoms with Gasteiger partial charge in [0, 0.05) is 18.6 Å². The fourth-order valence-electron chi connectivity index (χ4n) is 2.72. The van der Waals surface area contributed by atoms with Crippen LogP contribution in [0.15, 0.2) is 61.5 Å². The van der Waals surface area contributed by atoms with Gasteiger partial charge in [0.15, 0.2) is 0 Å². The number of amides is 1. The average molecular weight is 539 g/mol. The smallest absolute Gasteiger partial charge is 0.333 e. The van der Waals surface area contributed by atoms with Gasteiger partial charge >= 0.3 is 5.69 Å². The monoisotopic (exact) mass is 538 g/mol. The molecule has 0 saturated heterocycles. The Morgan fingerprint density at radius 1 is 1.12 bits per heavy atom. The molecule has 0 saturated carbocycles. The number of hydrogen-bond donors (Lipinski definition) is 2. The fraction of sp³-hybridized carbons (Fsp3) is 0.143.